The highest BCUT2D eigenvalue weighted by Gasteiger charge is 2.22. The molecule has 4 heteroatoms. The summed E-state index contributed by atoms with van der Waals surface area (Å²) >= 11 is 3.45. The van der Waals surface area contributed by atoms with Crippen LogP contribution < -0.4 is 10.2 Å². The average Bonchev–Trinajstić information content (AvgIpc) is 2.06. The smallest absolute Gasteiger partial charge is 0.128 e. The number of likely N-dealkylation sites (N-methyl/N-ethyl adjacent to an activating group) is 1. The van der Waals surface area contributed by atoms with Gasteiger partial charge in [-0.1, -0.05) is 0 Å². The maximum Gasteiger partial charge on any atom is 0.128 e. The van der Waals surface area contributed by atoms with Gasteiger partial charge in [0.25, 0.3) is 0 Å². The Morgan fingerprint density at radius 3 is 2.71 bits per heavy atom. The summed E-state index contributed by atoms with van der Waals surface area (Å²) in [7, 11) is 2.10. The summed E-state index contributed by atoms with van der Waals surface area (Å²) in [6, 6.07) is 4.71. The Kier molecular flexibility index (Phi) is 2.74. The first-order valence-corrected chi connectivity index (χ1v) is 5.54. The van der Waals surface area contributed by atoms with E-state index in [1.807, 2.05) is 6.92 Å². The molecule has 1 aromatic heterocycles. The zero-order valence-electron chi connectivity index (χ0n) is 8.42. The van der Waals surface area contributed by atoms with Crippen LogP contribution in [0.1, 0.15) is 5.69 Å². The third kappa shape index (κ3) is 1.77. The fraction of sp³-hybridized carbons (Fsp3) is 0.500. The number of aromatic nitrogens is 1. The number of nitrogens with zero attached hydrogens (tertiary/aromatic N) is 2. The molecular weight excluding hydrogens is 242 g/mol. The maximum absolute atomic E-state index is 4.53. The monoisotopic (exact) mass is 255 g/mol. The van der Waals surface area contributed by atoms with Crippen molar-refractivity contribution in [1.29, 1.82) is 0 Å². The van der Waals surface area contributed by atoms with E-state index in [4.69, 9.17) is 0 Å². The summed E-state index contributed by atoms with van der Waals surface area (Å²) < 4.78 is 1.07. The number of halogens is 1. The van der Waals surface area contributed by atoms with Gasteiger partial charge in [-0.2, -0.15) is 0 Å². The lowest BCUT2D eigenvalue weighted by molar-refractivity contribution is 0.426. The zero-order valence-corrected chi connectivity index (χ0v) is 10.0. The third-order valence-corrected chi connectivity index (χ3v) is 3.51. The lowest BCUT2D eigenvalue weighted by Gasteiger charge is -2.36. The Labute approximate surface area is 92.6 Å². The topological polar surface area (TPSA) is 28.2 Å². The first kappa shape index (κ1) is 9.93. The van der Waals surface area contributed by atoms with E-state index >= 15 is 0 Å². The van der Waals surface area contributed by atoms with Crippen LogP contribution in [0.5, 0.6) is 0 Å². The standard InChI is InChI=1S/C10H14BrN3/c1-7-9(11)3-4-10(13-7)14(2)8-5-12-6-8/h3-4,8,12H,5-6H2,1-2H3. The van der Waals surface area contributed by atoms with Gasteiger partial charge in [0.2, 0.25) is 0 Å². The number of anilines is 1. The van der Waals surface area contributed by atoms with Gasteiger partial charge >= 0.3 is 0 Å². The predicted molar refractivity (Wildman–Crippen MR) is 61.7 cm³/mol. The lowest BCUT2D eigenvalue weighted by Crippen LogP contribution is -2.56. The van der Waals surface area contributed by atoms with Gasteiger partial charge in [-0.05, 0) is 35.0 Å². The number of pyridine rings is 1. The minimum absolute atomic E-state index is 0.600. The predicted octanol–water partition coefficient (Wildman–Crippen LogP) is 1.56. The second kappa shape index (κ2) is 3.87. The van der Waals surface area contributed by atoms with Crippen LogP contribution in [-0.2, 0) is 0 Å². The average molecular weight is 256 g/mol. The minimum atomic E-state index is 0.600. The van der Waals surface area contributed by atoms with Gasteiger partial charge in [-0.15, -0.1) is 0 Å². The van der Waals surface area contributed by atoms with Crippen LogP contribution in [0, 0.1) is 6.92 Å². The molecule has 0 saturated carbocycles. The Bertz CT molecular complexity index is 336. The van der Waals surface area contributed by atoms with E-state index < -0.39 is 0 Å². The van der Waals surface area contributed by atoms with Crippen molar-refractivity contribution in [3.05, 3.63) is 22.3 Å². The van der Waals surface area contributed by atoms with E-state index in [0.29, 0.717) is 6.04 Å². The molecule has 1 saturated heterocycles. The summed E-state index contributed by atoms with van der Waals surface area (Å²) in [4.78, 5) is 6.76. The fourth-order valence-electron chi connectivity index (χ4n) is 1.46. The molecule has 2 rings (SSSR count). The summed E-state index contributed by atoms with van der Waals surface area (Å²) in [5.74, 6) is 1.05. The molecule has 0 spiro atoms. The number of hydrogen-bond acceptors (Lipinski definition) is 3. The first-order chi connectivity index (χ1) is 6.68. The molecule has 0 atom stereocenters. The van der Waals surface area contributed by atoms with E-state index in [1.165, 1.54) is 0 Å². The summed E-state index contributed by atoms with van der Waals surface area (Å²) in [6.45, 7) is 4.14. The van der Waals surface area contributed by atoms with Gasteiger partial charge in [0.15, 0.2) is 0 Å². The molecule has 1 fully saturated rings. The van der Waals surface area contributed by atoms with Crippen LogP contribution in [-0.4, -0.2) is 31.2 Å². The second-order valence-electron chi connectivity index (χ2n) is 3.66. The van der Waals surface area contributed by atoms with Crippen molar-refractivity contribution >= 4 is 21.7 Å². The van der Waals surface area contributed by atoms with E-state index in [2.05, 4.69) is 50.3 Å². The molecule has 0 radical (unpaired) electrons. The Morgan fingerprint density at radius 1 is 1.50 bits per heavy atom. The van der Waals surface area contributed by atoms with Crippen LogP contribution in [0.25, 0.3) is 0 Å². The van der Waals surface area contributed by atoms with Crippen LogP contribution in [0.2, 0.25) is 0 Å². The molecule has 3 nitrogen and oxygen atoms in total. The van der Waals surface area contributed by atoms with Crippen molar-refractivity contribution in [1.82, 2.24) is 10.3 Å². The SMILES string of the molecule is Cc1nc(N(C)C2CNC2)ccc1Br. The lowest BCUT2D eigenvalue weighted by atomic mass is 10.1. The van der Waals surface area contributed by atoms with E-state index in [1.54, 1.807) is 0 Å². The van der Waals surface area contributed by atoms with Gasteiger partial charge in [-0.3, -0.25) is 0 Å². The Morgan fingerprint density at radius 2 is 2.21 bits per heavy atom. The van der Waals surface area contributed by atoms with Crippen LogP contribution >= 0.6 is 15.9 Å². The number of nitrogens with one attached hydrogen (secondary N) is 1. The van der Waals surface area contributed by atoms with Crippen molar-refractivity contribution in [2.24, 2.45) is 0 Å². The van der Waals surface area contributed by atoms with Crippen LogP contribution in [0.3, 0.4) is 0 Å². The molecule has 1 N–H and O–H groups in total. The van der Waals surface area contributed by atoms with E-state index in [-0.39, 0.29) is 0 Å². The third-order valence-electron chi connectivity index (χ3n) is 2.68. The molecule has 1 aromatic rings. The van der Waals surface area contributed by atoms with Crippen molar-refractivity contribution in [2.45, 2.75) is 13.0 Å². The summed E-state index contributed by atoms with van der Waals surface area (Å²) in [6.07, 6.45) is 0. The molecule has 1 aliphatic heterocycles. The van der Waals surface area contributed by atoms with Crippen LogP contribution in [0.4, 0.5) is 5.82 Å². The highest BCUT2D eigenvalue weighted by molar-refractivity contribution is 9.10. The Balaban J connectivity index is 2.18. The van der Waals surface area contributed by atoms with Gasteiger partial charge in [0, 0.05) is 24.6 Å². The molecule has 14 heavy (non-hydrogen) atoms. The molecule has 0 aromatic carbocycles. The van der Waals surface area contributed by atoms with Crippen molar-refractivity contribution in [3.8, 4) is 0 Å². The molecule has 0 bridgehead atoms. The number of rotatable bonds is 2. The van der Waals surface area contributed by atoms with Gasteiger partial charge in [0.05, 0.1) is 11.7 Å². The molecule has 76 valence electrons. The molecule has 0 amide bonds. The van der Waals surface area contributed by atoms with Gasteiger partial charge in [0.1, 0.15) is 5.82 Å². The van der Waals surface area contributed by atoms with E-state index in [9.17, 15) is 0 Å². The van der Waals surface area contributed by atoms with E-state index in [0.717, 1.165) is 29.1 Å². The highest BCUT2D eigenvalue weighted by atomic mass is 79.9. The first-order valence-electron chi connectivity index (χ1n) is 4.75. The summed E-state index contributed by atoms with van der Waals surface area (Å²) in [5.41, 5.74) is 1.04. The largest absolute Gasteiger partial charge is 0.354 e. The zero-order chi connectivity index (χ0) is 10.1. The van der Waals surface area contributed by atoms with Crippen molar-refractivity contribution in [3.63, 3.8) is 0 Å². The Hall–Kier alpha value is -0.610. The van der Waals surface area contributed by atoms with Gasteiger partial charge < -0.3 is 10.2 Å². The summed E-state index contributed by atoms with van der Waals surface area (Å²) in [5, 5.41) is 3.26. The molecular formula is C10H14BrN3. The molecule has 0 aliphatic carbocycles. The fourth-order valence-corrected chi connectivity index (χ4v) is 1.68. The number of aryl methyl sites for hydroxylation is 1. The van der Waals surface area contributed by atoms with Gasteiger partial charge in [-0.25, -0.2) is 4.98 Å². The maximum atomic E-state index is 4.53. The normalized spacial score (nSPS) is 16.5. The highest BCUT2D eigenvalue weighted by Crippen LogP contribution is 2.20. The van der Waals surface area contributed by atoms with Crippen molar-refractivity contribution in [2.75, 3.05) is 25.0 Å². The molecule has 2 heterocycles. The van der Waals surface area contributed by atoms with Crippen LogP contribution in [0.15, 0.2) is 16.6 Å². The number of hydrogen-bond donors (Lipinski definition) is 1. The molecule has 0 unspecified atom stereocenters. The second-order valence-corrected chi connectivity index (χ2v) is 4.51. The minimum Gasteiger partial charge on any atom is -0.354 e. The quantitative estimate of drug-likeness (QED) is 0.870. The molecule has 1 aliphatic rings. The van der Waals surface area contributed by atoms with Crippen molar-refractivity contribution < 1.29 is 0 Å².